The number of hydrogen-bond acceptors (Lipinski definition) is 12. The molecule has 2 spiro atoms. The molecule has 0 unspecified atom stereocenters. The van der Waals surface area contributed by atoms with Gasteiger partial charge >= 0.3 is 11.9 Å². The number of aliphatic hydroxyl groups excluding tert-OH is 2. The molecule has 8 fully saturated rings. The zero-order chi connectivity index (χ0) is 36.2. The second-order valence-corrected chi connectivity index (χ2v) is 18.6. The lowest BCUT2D eigenvalue weighted by atomic mass is 9.36. The smallest absolute Gasteiger partial charge is 0.339 e. The van der Waals surface area contributed by atoms with Gasteiger partial charge in [-0.1, -0.05) is 26.0 Å². The molecular formula is C40H52N2O10. The Balaban J connectivity index is 1.00. The van der Waals surface area contributed by atoms with E-state index in [2.05, 4.69) is 29.7 Å². The maximum absolute atomic E-state index is 14.6. The topological polar surface area (TPSA) is 169 Å². The van der Waals surface area contributed by atoms with Gasteiger partial charge in [0.1, 0.15) is 30.2 Å². The molecule has 9 aliphatic rings. The van der Waals surface area contributed by atoms with Crippen LogP contribution in [-0.2, 0) is 39.8 Å². The number of allylic oxidation sites excluding steroid dienone is 1. The number of carbonyl (C=O) groups is 3. The minimum absolute atomic E-state index is 0.0235. The molecule has 0 aromatic carbocycles. The molecule has 5 saturated heterocycles. The summed E-state index contributed by atoms with van der Waals surface area (Å²) in [6, 6.07) is 2.30. The lowest BCUT2D eigenvalue weighted by molar-refractivity contribution is -0.252. The summed E-state index contributed by atoms with van der Waals surface area (Å²) in [5.41, 5.74) is -4.28. The molecule has 12 heteroatoms. The van der Waals surface area contributed by atoms with E-state index in [1.807, 2.05) is 26.8 Å². The van der Waals surface area contributed by atoms with Crippen molar-refractivity contribution in [1.29, 1.82) is 0 Å². The summed E-state index contributed by atoms with van der Waals surface area (Å²) in [7, 11) is 0. The van der Waals surface area contributed by atoms with Crippen LogP contribution in [0.25, 0.3) is 0 Å². The van der Waals surface area contributed by atoms with Gasteiger partial charge in [-0.25, -0.2) is 4.79 Å². The third-order valence-electron chi connectivity index (χ3n) is 16.2. The molecule has 6 heterocycles. The summed E-state index contributed by atoms with van der Waals surface area (Å²) in [4.78, 5) is 41.2. The van der Waals surface area contributed by atoms with Crippen LogP contribution in [0.4, 0.5) is 0 Å². The summed E-state index contributed by atoms with van der Waals surface area (Å²) in [5, 5.41) is 30.7. The van der Waals surface area contributed by atoms with Crippen LogP contribution in [0.3, 0.4) is 0 Å². The van der Waals surface area contributed by atoms with Crippen LogP contribution in [0, 0.1) is 51.8 Å². The molecule has 10 rings (SSSR count). The quantitative estimate of drug-likeness (QED) is 0.204. The van der Waals surface area contributed by atoms with E-state index in [1.54, 1.807) is 6.26 Å². The molecule has 4 aliphatic carbocycles. The van der Waals surface area contributed by atoms with Crippen molar-refractivity contribution in [2.24, 2.45) is 51.8 Å². The fourth-order valence-electron chi connectivity index (χ4n) is 14.1. The van der Waals surface area contributed by atoms with E-state index in [0.717, 1.165) is 38.0 Å². The number of ether oxygens (including phenoxy) is 4. The third-order valence-corrected chi connectivity index (χ3v) is 16.2. The standard InChI is InChI=1S/C40H52N2O10/c1-36(2)31-30(45)32(46)38(4)27(39(31)17-49-29(44)15-28(39)51-36)9-11-37(3)33(50-35(47)34-40(37,38)52-34)22-10-12-48-26(22)14-23-21-7-5-20(24-16-41-18-42-24)13-19(21)6-8-25(23)43/h5,7,10,12,19-21,23-25,27-28,31-34,41-43,46H,6,8-9,11,13-18H2,1-4H3/t19-,20+,21-,23-,24+,25-,27+,28+,31-,32-,33+,34-,37+,38+,39+,40-/m1/s1. The van der Waals surface area contributed by atoms with Crippen LogP contribution >= 0.6 is 0 Å². The maximum Gasteiger partial charge on any atom is 0.339 e. The second-order valence-electron chi connectivity index (χ2n) is 18.6. The molecule has 12 nitrogen and oxygen atoms in total. The molecule has 1 aromatic rings. The van der Waals surface area contributed by atoms with E-state index in [-0.39, 0.29) is 42.5 Å². The summed E-state index contributed by atoms with van der Waals surface area (Å²) in [6.07, 6.45) is 6.62. The molecule has 3 saturated carbocycles. The lowest BCUT2D eigenvalue weighted by Gasteiger charge is -2.66. The van der Waals surface area contributed by atoms with E-state index in [0.29, 0.717) is 42.9 Å². The number of nitrogens with one attached hydrogen (secondary N) is 2. The molecular weight excluding hydrogens is 668 g/mol. The van der Waals surface area contributed by atoms with E-state index >= 15 is 0 Å². The zero-order valence-electron chi connectivity index (χ0n) is 30.5. The van der Waals surface area contributed by atoms with E-state index < -0.39 is 69.9 Å². The fraction of sp³-hybridized carbons (Fsp3) is 0.775. The van der Waals surface area contributed by atoms with Crippen molar-refractivity contribution in [1.82, 2.24) is 10.6 Å². The van der Waals surface area contributed by atoms with Crippen molar-refractivity contribution in [3.63, 3.8) is 0 Å². The highest BCUT2D eigenvalue weighted by atomic mass is 16.7. The van der Waals surface area contributed by atoms with Crippen molar-refractivity contribution < 1.29 is 48.0 Å². The third kappa shape index (κ3) is 4.07. The molecule has 5 aliphatic heterocycles. The average Bonchev–Trinajstić information content (AvgIpc) is 3.37. The molecule has 16 atom stereocenters. The number of rotatable bonds is 4. The number of epoxide rings is 1. The van der Waals surface area contributed by atoms with Crippen LogP contribution in [0.5, 0.6) is 0 Å². The molecule has 0 amide bonds. The second kappa shape index (κ2) is 11.0. The number of esters is 2. The maximum atomic E-state index is 14.6. The van der Waals surface area contributed by atoms with Crippen LogP contribution in [0.15, 0.2) is 28.9 Å². The monoisotopic (exact) mass is 720 g/mol. The Bertz CT molecular complexity index is 1740. The normalized spacial score (nSPS) is 52.7. The van der Waals surface area contributed by atoms with Gasteiger partial charge in [-0.05, 0) is 81.6 Å². The number of ketones is 1. The van der Waals surface area contributed by atoms with Gasteiger partial charge in [0.05, 0.1) is 36.4 Å². The zero-order valence-corrected chi connectivity index (χ0v) is 30.5. The van der Waals surface area contributed by atoms with Gasteiger partial charge < -0.3 is 38.9 Å². The first-order valence-corrected chi connectivity index (χ1v) is 19.6. The first kappa shape index (κ1) is 33.9. The summed E-state index contributed by atoms with van der Waals surface area (Å²) < 4.78 is 31.5. The molecule has 0 bridgehead atoms. The molecule has 52 heavy (non-hydrogen) atoms. The number of fused-ring (bicyclic) bond motifs is 2. The summed E-state index contributed by atoms with van der Waals surface area (Å²) in [5.74, 6) is -0.474. The lowest BCUT2D eigenvalue weighted by Crippen LogP contribution is -2.76. The van der Waals surface area contributed by atoms with E-state index in [9.17, 15) is 24.6 Å². The van der Waals surface area contributed by atoms with Crippen LogP contribution in [-0.4, -0.2) is 89.4 Å². The number of furan rings is 1. The predicted octanol–water partition coefficient (Wildman–Crippen LogP) is 2.75. The number of cyclic esters (lactones) is 2. The van der Waals surface area contributed by atoms with E-state index in [1.165, 1.54) is 0 Å². The van der Waals surface area contributed by atoms with Crippen LogP contribution in [0.2, 0.25) is 0 Å². The minimum Gasteiger partial charge on any atom is -0.469 e. The SMILES string of the molecule is CC1(C)O[C@H]2CC(=O)OC[C@@]23[C@@H]1C(=O)[C@@H](O)[C@]1(C)[C@@H]3CC[C@@]2(C)[C@H](c3ccoc3C[C@@H]3[C@@H]4C=C[C@H]([C@@H]5CNCN5)C[C@H]4CC[C@H]3O)OC(=O)[C@H]3O[C@@]312. The first-order chi connectivity index (χ1) is 24.8. The fourth-order valence-corrected chi connectivity index (χ4v) is 14.1. The molecule has 4 N–H and O–H groups in total. The minimum atomic E-state index is -1.43. The van der Waals surface area contributed by atoms with E-state index in [4.69, 9.17) is 23.4 Å². The molecule has 282 valence electrons. The van der Waals surface area contributed by atoms with Gasteiger partial charge in [0.25, 0.3) is 0 Å². The number of carbonyl (C=O) groups excluding carboxylic acids is 3. The summed E-state index contributed by atoms with van der Waals surface area (Å²) >= 11 is 0. The van der Waals surface area contributed by atoms with Crippen molar-refractivity contribution in [3.05, 3.63) is 35.8 Å². The highest BCUT2D eigenvalue weighted by molar-refractivity contribution is 5.92. The highest BCUT2D eigenvalue weighted by Crippen LogP contribution is 2.80. The van der Waals surface area contributed by atoms with Crippen LogP contribution in [0.1, 0.15) is 83.6 Å². The van der Waals surface area contributed by atoms with Gasteiger partial charge in [-0.15, -0.1) is 0 Å². The Labute approximate surface area is 303 Å². The number of hydrogen-bond donors (Lipinski definition) is 4. The van der Waals surface area contributed by atoms with Gasteiger partial charge in [0.2, 0.25) is 0 Å². The number of aliphatic hydroxyl groups is 2. The van der Waals surface area contributed by atoms with Crippen molar-refractivity contribution >= 4 is 17.7 Å². The Morgan fingerprint density at radius 3 is 2.62 bits per heavy atom. The molecule has 1 aromatic heterocycles. The van der Waals surface area contributed by atoms with Gasteiger partial charge in [0, 0.05) is 47.5 Å². The van der Waals surface area contributed by atoms with Gasteiger partial charge in [-0.2, -0.15) is 0 Å². The molecule has 0 radical (unpaired) electrons. The first-order valence-electron chi connectivity index (χ1n) is 19.6. The summed E-state index contributed by atoms with van der Waals surface area (Å²) in [6.45, 7) is 9.53. The van der Waals surface area contributed by atoms with Crippen molar-refractivity contribution in [2.45, 2.75) is 120 Å². The Morgan fingerprint density at radius 1 is 1.00 bits per heavy atom. The van der Waals surface area contributed by atoms with Gasteiger partial charge in [0.15, 0.2) is 11.9 Å². The Kier molecular flexibility index (Phi) is 7.18. The van der Waals surface area contributed by atoms with Crippen LogP contribution < -0.4 is 10.6 Å². The Morgan fingerprint density at radius 2 is 1.83 bits per heavy atom. The Hall–Kier alpha value is -2.61. The van der Waals surface area contributed by atoms with Crippen molar-refractivity contribution in [3.8, 4) is 0 Å². The number of Topliss-reactive ketones (excluding diaryl/α,β-unsaturated/α-hetero) is 1. The largest absolute Gasteiger partial charge is 0.469 e. The highest BCUT2D eigenvalue weighted by Gasteiger charge is 2.90. The van der Waals surface area contributed by atoms with Gasteiger partial charge in [-0.3, -0.25) is 14.9 Å². The average molecular weight is 721 g/mol. The predicted molar refractivity (Wildman–Crippen MR) is 182 cm³/mol. The van der Waals surface area contributed by atoms with Crippen molar-refractivity contribution in [2.75, 3.05) is 19.8 Å².